The monoisotopic (exact) mass is 673 g/mol. The quantitative estimate of drug-likeness (QED) is 0.130. The van der Waals surface area contributed by atoms with Gasteiger partial charge in [0.25, 0.3) is 0 Å². The highest BCUT2D eigenvalue weighted by molar-refractivity contribution is 6.42. The fraction of sp³-hybridized carbons (Fsp3) is 0.294. The minimum absolute atomic E-state index is 0.137. The van der Waals surface area contributed by atoms with Crippen molar-refractivity contribution in [2.45, 2.75) is 95.3 Å². The van der Waals surface area contributed by atoms with Gasteiger partial charge in [-0.3, -0.25) is 0 Å². The highest BCUT2D eigenvalue weighted by Crippen LogP contribution is 2.57. The van der Waals surface area contributed by atoms with Gasteiger partial charge in [0.15, 0.2) is 0 Å². The molecule has 256 valence electrons. The summed E-state index contributed by atoms with van der Waals surface area (Å²) in [5.41, 5.74) is 10.0. The molecule has 1 nitrogen and oxygen atoms in total. The summed E-state index contributed by atoms with van der Waals surface area (Å²) < 4.78 is 0. The van der Waals surface area contributed by atoms with Crippen LogP contribution in [0.5, 0.6) is 0 Å². The SMILES string of the molecule is CC1(c2ccc(N(c3ccc(C4(C)CCCC4)cc3)c3c4cccc5c4c4c6c(ccc7cccc(c8cccc3c84)c76)C5(C)C)cc2)CCCC1. The summed E-state index contributed by atoms with van der Waals surface area (Å²) >= 11 is 0. The molecule has 2 saturated carbocycles. The van der Waals surface area contributed by atoms with Crippen molar-refractivity contribution in [3.05, 3.63) is 138 Å². The Bertz CT molecular complexity index is 2650. The first-order chi connectivity index (χ1) is 25.3. The third-order valence-corrected chi connectivity index (χ3v) is 14.4. The number of hydrogen-bond acceptors (Lipinski definition) is 1. The Balaban J connectivity index is 1.26. The highest BCUT2D eigenvalue weighted by Gasteiger charge is 2.37. The molecule has 8 aromatic carbocycles. The molecule has 0 aliphatic heterocycles. The lowest BCUT2D eigenvalue weighted by atomic mass is 9.68. The Morgan fingerprint density at radius 1 is 0.404 bits per heavy atom. The zero-order valence-electron chi connectivity index (χ0n) is 31.1. The van der Waals surface area contributed by atoms with Gasteiger partial charge < -0.3 is 4.90 Å². The third kappa shape index (κ3) is 4.00. The van der Waals surface area contributed by atoms with Crippen molar-refractivity contribution in [2.75, 3.05) is 4.90 Å². The first kappa shape index (κ1) is 30.7. The van der Waals surface area contributed by atoms with E-state index in [0.29, 0.717) is 0 Å². The van der Waals surface area contributed by atoms with Gasteiger partial charge in [-0.2, -0.15) is 0 Å². The van der Waals surface area contributed by atoms with E-state index in [-0.39, 0.29) is 16.2 Å². The number of benzene rings is 8. The lowest BCUT2D eigenvalue weighted by Crippen LogP contribution is -2.23. The van der Waals surface area contributed by atoms with E-state index in [1.54, 1.807) is 0 Å². The van der Waals surface area contributed by atoms with Crippen LogP contribution in [0, 0.1) is 0 Å². The van der Waals surface area contributed by atoms with Crippen LogP contribution in [0.1, 0.15) is 101 Å². The fourth-order valence-corrected chi connectivity index (χ4v) is 11.4. The van der Waals surface area contributed by atoms with Gasteiger partial charge in [-0.25, -0.2) is 0 Å². The summed E-state index contributed by atoms with van der Waals surface area (Å²) in [5, 5.41) is 13.8. The maximum Gasteiger partial charge on any atom is 0.0619 e. The largest absolute Gasteiger partial charge is 0.309 e. The maximum atomic E-state index is 2.60. The van der Waals surface area contributed by atoms with Crippen LogP contribution in [0.25, 0.3) is 53.9 Å². The van der Waals surface area contributed by atoms with Crippen molar-refractivity contribution in [3.8, 4) is 0 Å². The number of fused-ring (bicyclic) bond motifs is 1. The number of hydrogen-bond donors (Lipinski definition) is 0. The highest BCUT2D eigenvalue weighted by atomic mass is 15.1. The van der Waals surface area contributed by atoms with Crippen LogP contribution in [0.3, 0.4) is 0 Å². The van der Waals surface area contributed by atoms with Crippen molar-refractivity contribution >= 4 is 70.9 Å². The van der Waals surface area contributed by atoms with Gasteiger partial charge in [0.05, 0.1) is 5.69 Å². The molecule has 8 aromatic rings. The van der Waals surface area contributed by atoms with Crippen molar-refractivity contribution in [1.82, 2.24) is 0 Å². The van der Waals surface area contributed by atoms with Gasteiger partial charge in [0, 0.05) is 32.9 Å². The van der Waals surface area contributed by atoms with Crippen molar-refractivity contribution < 1.29 is 0 Å². The molecule has 3 aliphatic carbocycles. The van der Waals surface area contributed by atoms with Crippen molar-refractivity contribution in [3.63, 3.8) is 0 Å². The predicted octanol–water partition coefficient (Wildman–Crippen LogP) is 14.7. The minimum atomic E-state index is -0.137. The second-order valence-electron chi connectivity index (χ2n) is 17.7. The predicted molar refractivity (Wildman–Crippen MR) is 224 cm³/mol. The van der Waals surface area contributed by atoms with E-state index in [4.69, 9.17) is 0 Å². The molecule has 0 radical (unpaired) electrons. The standard InChI is InChI=1S/C51H47N/c1-49(2)41-17-11-16-40-45(41)47-44-38(37-13-9-12-32-18-27-42(49)46(47)43(32)37)14-10-15-39(44)48(40)52(35-23-19-33(20-24-35)50(3)28-5-6-29-50)36-25-21-34(22-26-36)51(4)30-7-8-31-51/h9-27H,5-8,28-31H2,1-4H3. The first-order valence-electron chi connectivity index (χ1n) is 19.9. The Hall–Kier alpha value is -4.88. The molecule has 0 heterocycles. The summed E-state index contributed by atoms with van der Waals surface area (Å²) in [6.45, 7) is 9.84. The molecule has 2 fully saturated rings. The molecule has 0 atom stereocenters. The van der Waals surface area contributed by atoms with Gasteiger partial charge in [0.2, 0.25) is 0 Å². The molecule has 0 amide bonds. The molecular formula is C51H47N. The molecule has 0 spiro atoms. The van der Waals surface area contributed by atoms with Crippen LogP contribution in [0.15, 0.2) is 115 Å². The lowest BCUT2D eigenvalue weighted by Gasteiger charge is -2.37. The van der Waals surface area contributed by atoms with Gasteiger partial charge in [-0.05, 0) is 121 Å². The molecule has 0 saturated heterocycles. The number of nitrogens with zero attached hydrogens (tertiary/aromatic N) is 1. The summed E-state index contributed by atoms with van der Waals surface area (Å²) in [6.07, 6.45) is 10.5. The second-order valence-corrected chi connectivity index (χ2v) is 17.7. The van der Waals surface area contributed by atoms with Crippen molar-refractivity contribution in [2.24, 2.45) is 0 Å². The topological polar surface area (TPSA) is 3.24 Å². The van der Waals surface area contributed by atoms with Gasteiger partial charge >= 0.3 is 0 Å². The van der Waals surface area contributed by atoms with Crippen LogP contribution in [-0.2, 0) is 16.2 Å². The van der Waals surface area contributed by atoms with E-state index in [9.17, 15) is 0 Å². The lowest BCUT2D eigenvalue weighted by molar-refractivity contribution is 0.491. The Kier molecular flexibility index (Phi) is 6.26. The number of rotatable bonds is 5. The molecule has 1 heteroatoms. The third-order valence-electron chi connectivity index (χ3n) is 14.4. The van der Waals surface area contributed by atoms with Crippen molar-refractivity contribution in [1.29, 1.82) is 0 Å². The van der Waals surface area contributed by atoms with E-state index in [1.807, 2.05) is 0 Å². The van der Waals surface area contributed by atoms with Gasteiger partial charge in [-0.1, -0.05) is 144 Å². The van der Waals surface area contributed by atoms with Gasteiger partial charge in [-0.15, -0.1) is 0 Å². The van der Waals surface area contributed by atoms with Crippen LogP contribution in [0.4, 0.5) is 17.1 Å². The minimum Gasteiger partial charge on any atom is -0.309 e. The Morgan fingerprint density at radius 3 is 1.48 bits per heavy atom. The Morgan fingerprint density at radius 2 is 0.885 bits per heavy atom. The molecule has 11 rings (SSSR count). The first-order valence-corrected chi connectivity index (χ1v) is 19.9. The smallest absolute Gasteiger partial charge is 0.0619 e. The maximum absolute atomic E-state index is 2.60. The van der Waals surface area contributed by atoms with E-state index >= 15 is 0 Å². The summed E-state index contributed by atoms with van der Waals surface area (Å²) in [6, 6.07) is 45.3. The molecule has 52 heavy (non-hydrogen) atoms. The van der Waals surface area contributed by atoms with Crippen LogP contribution >= 0.6 is 0 Å². The van der Waals surface area contributed by atoms with E-state index in [1.165, 1.54) is 145 Å². The number of anilines is 3. The fourth-order valence-electron chi connectivity index (χ4n) is 11.4. The molecule has 0 unspecified atom stereocenters. The van der Waals surface area contributed by atoms with E-state index < -0.39 is 0 Å². The molecule has 0 aromatic heterocycles. The molecule has 0 bridgehead atoms. The van der Waals surface area contributed by atoms with Crippen LogP contribution in [-0.4, -0.2) is 0 Å². The van der Waals surface area contributed by atoms with Crippen LogP contribution in [0.2, 0.25) is 0 Å². The summed E-state index contributed by atoms with van der Waals surface area (Å²) in [4.78, 5) is 2.60. The van der Waals surface area contributed by atoms with E-state index in [2.05, 4.69) is 148 Å². The zero-order valence-corrected chi connectivity index (χ0v) is 31.1. The summed E-state index contributed by atoms with van der Waals surface area (Å²) in [5.74, 6) is 0. The normalized spacial score (nSPS) is 18.6. The van der Waals surface area contributed by atoms with E-state index in [0.717, 1.165) is 0 Å². The van der Waals surface area contributed by atoms with Crippen LogP contribution < -0.4 is 4.90 Å². The zero-order chi connectivity index (χ0) is 35.0. The average molecular weight is 674 g/mol. The van der Waals surface area contributed by atoms with Gasteiger partial charge in [0.1, 0.15) is 0 Å². The molecule has 0 N–H and O–H groups in total. The molecular weight excluding hydrogens is 627 g/mol. The summed E-state index contributed by atoms with van der Waals surface area (Å²) in [7, 11) is 0. The Labute approximate surface area is 307 Å². The second kappa shape index (κ2) is 10.6. The average Bonchev–Trinajstić information content (AvgIpc) is 3.83. The molecule has 3 aliphatic rings.